The van der Waals surface area contributed by atoms with E-state index in [2.05, 4.69) is 0 Å². The second kappa shape index (κ2) is 11.8. The molecule has 1 aliphatic carbocycles. The molecule has 2 heterocycles. The second-order valence-corrected chi connectivity index (χ2v) is 11.0. The van der Waals surface area contributed by atoms with Crippen molar-refractivity contribution in [3.63, 3.8) is 0 Å². The first-order valence-electron chi connectivity index (χ1n) is 13.4. The molecule has 5 atom stereocenters. The van der Waals surface area contributed by atoms with Crippen LogP contribution in [0.2, 0.25) is 5.02 Å². The van der Waals surface area contributed by atoms with E-state index in [9.17, 15) is 14.4 Å². The quantitative estimate of drug-likeness (QED) is 0.334. The summed E-state index contributed by atoms with van der Waals surface area (Å²) in [4.78, 5) is 36.2. The molecule has 2 aromatic rings. The summed E-state index contributed by atoms with van der Waals surface area (Å²) in [5.41, 5.74) is 1.74. The zero-order chi connectivity index (χ0) is 28.4. The number of esters is 3. The van der Waals surface area contributed by atoms with E-state index in [0.717, 1.165) is 23.3 Å². The van der Waals surface area contributed by atoms with Crippen LogP contribution in [0.5, 0.6) is 5.75 Å². The summed E-state index contributed by atoms with van der Waals surface area (Å²) in [6.45, 7) is 5.13. The number of benzene rings is 2. The van der Waals surface area contributed by atoms with E-state index in [1.807, 2.05) is 30.3 Å². The summed E-state index contributed by atoms with van der Waals surface area (Å²) < 4.78 is 34.7. The van der Waals surface area contributed by atoms with Crippen LogP contribution in [-0.2, 0) is 44.5 Å². The van der Waals surface area contributed by atoms with Crippen LogP contribution in [0.1, 0.15) is 62.8 Å². The van der Waals surface area contributed by atoms with Gasteiger partial charge in [-0.25, -0.2) is 0 Å². The molecule has 2 saturated heterocycles. The third kappa shape index (κ3) is 6.43. The zero-order valence-electron chi connectivity index (χ0n) is 22.7. The fourth-order valence-corrected chi connectivity index (χ4v) is 5.60. The van der Waals surface area contributed by atoms with Gasteiger partial charge in [-0.2, -0.15) is 0 Å². The van der Waals surface area contributed by atoms with E-state index in [0.29, 0.717) is 43.1 Å². The normalized spacial score (nSPS) is 26.6. The Morgan fingerprint density at radius 1 is 0.925 bits per heavy atom. The summed E-state index contributed by atoms with van der Waals surface area (Å²) in [6.07, 6.45) is -1.06. The van der Waals surface area contributed by atoms with Gasteiger partial charge in [0, 0.05) is 32.2 Å². The monoisotopic (exact) mass is 572 g/mol. The fourth-order valence-electron chi connectivity index (χ4n) is 5.42. The average Bonchev–Trinajstić information content (AvgIpc) is 3.48. The minimum Gasteiger partial charge on any atom is -0.488 e. The molecule has 214 valence electrons. The van der Waals surface area contributed by atoms with Crippen molar-refractivity contribution in [2.45, 2.75) is 82.6 Å². The number of carbonyl (C=O) groups is 3. The van der Waals surface area contributed by atoms with Crippen LogP contribution in [0.25, 0.3) is 0 Å². The molecule has 0 amide bonds. The Morgan fingerprint density at radius 2 is 1.60 bits per heavy atom. The van der Waals surface area contributed by atoms with Crippen molar-refractivity contribution in [1.29, 1.82) is 0 Å². The third-order valence-electron chi connectivity index (χ3n) is 7.35. The standard InChI is InChI=1S/C30H33ClO9/c1-17(32)36-27-26(40-30(11-12-30)29(38-19(3)34)28(27)37-18(2)33)21-6-9-25(31)22(15-21)14-20-4-7-23(8-5-20)39-24-10-13-35-16-24/h4-9,15,24,26-29H,10-14,16H2,1-3H3/t24?,26-,27-,28+,29-/m0/s1. The molecular weight excluding hydrogens is 540 g/mol. The van der Waals surface area contributed by atoms with E-state index in [-0.39, 0.29) is 6.10 Å². The van der Waals surface area contributed by atoms with Crippen LogP contribution in [-0.4, -0.2) is 61.1 Å². The lowest BCUT2D eigenvalue weighted by Gasteiger charge is -2.45. The molecule has 1 saturated carbocycles. The van der Waals surface area contributed by atoms with Gasteiger partial charge in [-0.1, -0.05) is 35.9 Å². The lowest BCUT2D eigenvalue weighted by atomic mass is 9.88. The number of ether oxygens (including phenoxy) is 6. The highest BCUT2D eigenvalue weighted by atomic mass is 35.5. The summed E-state index contributed by atoms with van der Waals surface area (Å²) in [6, 6.07) is 13.3. The first-order chi connectivity index (χ1) is 19.1. The van der Waals surface area contributed by atoms with Gasteiger partial charge in [-0.15, -0.1) is 0 Å². The van der Waals surface area contributed by atoms with Crippen molar-refractivity contribution in [3.05, 3.63) is 64.2 Å². The molecule has 2 aromatic carbocycles. The minimum atomic E-state index is -1.04. The molecule has 3 fully saturated rings. The van der Waals surface area contributed by atoms with Gasteiger partial charge < -0.3 is 28.4 Å². The molecule has 0 N–H and O–H groups in total. The Balaban J connectivity index is 1.41. The molecule has 0 bridgehead atoms. The fraction of sp³-hybridized carbons (Fsp3) is 0.500. The van der Waals surface area contributed by atoms with Crippen molar-refractivity contribution in [2.24, 2.45) is 0 Å². The van der Waals surface area contributed by atoms with Crippen LogP contribution < -0.4 is 4.74 Å². The third-order valence-corrected chi connectivity index (χ3v) is 7.72. The van der Waals surface area contributed by atoms with Crippen molar-refractivity contribution in [2.75, 3.05) is 13.2 Å². The number of halogens is 1. The van der Waals surface area contributed by atoms with Crippen molar-refractivity contribution >= 4 is 29.5 Å². The number of hydrogen-bond donors (Lipinski definition) is 0. The van der Waals surface area contributed by atoms with Gasteiger partial charge in [0.2, 0.25) is 0 Å². The van der Waals surface area contributed by atoms with Gasteiger partial charge in [0.25, 0.3) is 0 Å². The van der Waals surface area contributed by atoms with Gasteiger partial charge >= 0.3 is 17.9 Å². The molecule has 9 nitrogen and oxygen atoms in total. The van der Waals surface area contributed by atoms with E-state index < -0.39 is 47.9 Å². The molecule has 0 radical (unpaired) electrons. The maximum absolute atomic E-state index is 12.2. The number of rotatable bonds is 8. The highest BCUT2D eigenvalue weighted by Crippen LogP contribution is 2.54. The molecular formula is C30H33ClO9. The molecule has 1 unspecified atom stereocenters. The van der Waals surface area contributed by atoms with Crippen molar-refractivity contribution in [1.82, 2.24) is 0 Å². The predicted molar refractivity (Wildman–Crippen MR) is 143 cm³/mol. The molecule has 2 aliphatic heterocycles. The Hall–Kier alpha value is -3.14. The summed E-state index contributed by atoms with van der Waals surface area (Å²) in [7, 11) is 0. The summed E-state index contributed by atoms with van der Waals surface area (Å²) in [5, 5.41) is 0.572. The first-order valence-corrected chi connectivity index (χ1v) is 13.8. The maximum atomic E-state index is 12.2. The largest absolute Gasteiger partial charge is 0.488 e. The van der Waals surface area contributed by atoms with Crippen LogP contribution in [0.4, 0.5) is 0 Å². The van der Waals surface area contributed by atoms with Gasteiger partial charge in [-0.05, 0) is 54.2 Å². The lowest BCUT2D eigenvalue weighted by Crippen LogP contribution is -2.59. The molecule has 1 spiro atoms. The van der Waals surface area contributed by atoms with Crippen LogP contribution in [0.15, 0.2) is 42.5 Å². The van der Waals surface area contributed by atoms with Crippen LogP contribution in [0, 0.1) is 0 Å². The second-order valence-electron chi connectivity index (χ2n) is 10.6. The average molecular weight is 573 g/mol. The topological polar surface area (TPSA) is 107 Å². The van der Waals surface area contributed by atoms with Crippen molar-refractivity contribution < 1.29 is 42.8 Å². The maximum Gasteiger partial charge on any atom is 0.303 e. The Labute approximate surface area is 238 Å². The minimum absolute atomic E-state index is 0.0728. The summed E-state index contributed by atoms with van der Waals surface area (Å²) in [5.74, 6) is -0.920. The summed E-state index contributed by atoms with van der Waals surface area (Å²) >= 11 is 6.61. The molecule has 5 rings (SSSR count). The molecule has 10 heteroatoms. The van der Waals surface area contributed by atoms with Gasteiger partial charge in [0.05, 0.1) is 13.2 Å². The lowest BCUT2D eigenvalue weighted by molar-refractivity contribution is -0.257. The number of hydrogen-bond acceptors (Lipinski definition) is 9. The first kappa shape index (κ1) is 28.4. The van der Waals surface area contributed by atoms with Gasteiger partial charge in [0.15, 0.2) is 18.3 Å². The number of carbonyl (C=O) groups excluding carboxylic acids is 3. The Morgan fingerprint density at radius 3 is 2.20 bits per heavy atom. The molecule has 40 heavy (non-hydrogen) atoms. The Kier molecular flexibility index (Phi) is 8.35. The van der Waals surface area contributed by atoms with E-state index >= 15 is 0 Å². The van der Waals surface area contributed by atoms with E-state index in [1.54, 1.807) is 12.1 Å². The van der Waals surface area contributed by atoms with E-state index in [1.165, 1.54) is 20.8 Å². The predicted octanol–water partition coefficient (Wildman–Crippen LogP) is 4.50. The van der Waals surface area contributed by atoms with Crippen molar-refractivity contribution in [3.8, 4) is 5.75 Å². The SMILES string of the molecule is CC(=O)O[C@@H]1[C@@H](OC(C)=O)[C@H](OC(C)=O)C2(CC2)O[C@H]1c1ccc(Cl)c(Cc2ccc(OC3CCOC3)cc2)c1. The van der Waals surface area contributed by atoms with Gasteiger partial charge in [0.1, 0.15) is 23.6 Å². The van der Waals surface area contributed by atoms with Gasteiger partial charge in [-0.3, -0.25) is 14.4 Å². The highest BCUT2D eigenvalue weighted by molar-refractivity contribution is 6.31. The highest BCUT2D eigenvalue weighted by Gasteiger charge is 2.65. The zero-order valence-corrected chi connectivity index (χ0v) is 23.5. The van der Waals surface area contributed by atoms with E-state index in [4.69, 9.17) is 40.0 Å². The smallest absolute Gasteiger partial charge is 0.303 e. The molecule has 3 aliphatic rings. The van der Waals surface area contributed by atoms with Crippen LogP contribution in [0.3, 0.4) is 0 Å². The Bertz CT molecular complexity index is 1250. The van der Waals surface area contributed by atoms with Crippen LogP contribution >= 0.6 is 11.6 Å². The molecule has 0 aromatic heterocycles.